The number of rotatable bonds is 1. The summed E-state index contributed by atoms with van der Waals surface area (Å²) in [5.41, 5.74) is 2.74. The molecule has 0 bridgehead atoms. The Morgan fingerprint density at radius 3 is 2.72 bits per heavy atom. The molecule has 0 unspecified atom stereocenters. The molecular weight excluding hydrogens is 311 g/mol. The zero-order valence-corrected chi connectivity index (χ0v) is 12.2. The summed E-state index contributed by atoms with van der Waals surface area (Å²) in [6.07, 6.45) is 0. The molecule has 0 N–H and O–H groups in total. The second-order valence-electron chi connectivity index (χ2n) is 3.88. The Bertz CT molecular complexity index is 631. The minimum atomic E-state index is 0.510. The van der Waals surface area contributed by atoms with E-state index in [0.717, 1.165) is 22.8 Å². The number of hydrogen-bond donors (Lipinski definition) is 0. The first kappa shape index (κ1) is 12.5. The Hall–Kier alpha value is -0.480. The average molecular weight is 318 g/mol. The summed E-state index contributed by atoms with van der Waals surface area (Å²) in [6, 6.07) is 5.22. The SMILES string of the molecule is Clc1ccc(Cl)c(-c2nc(Cl)c3c(n2)CSC3)c1. The Balaban J connectivity index is 2.18. The van der Waals surface area contributed by atoms with E-state index in [1.54, 1.807) is 30.0 Å². The molecule has 2 aromatic rings. The smallest absolute Gasteiger partial charge is 0.162 e. The van der Waals surface area contributed by atoms with E-state index in [1.807, 2.05) is 0 Å². The van der Waals surface area contributed by atoms with Gasteiger partial charge >= 0.3 is 0 Å². The van der Waals surface area contributed by atoms with Crippen LogP contribution in [0.2, 0.25) is 15.2 Å². The lowest BCUT2D eigenvalue weighted by Gasteiger charge is -2.07. The van der Waals surface area contributed by atoms with Crippen LogP contribution in [0.1, 0.15) is 11.3 Å². The van der Waals surface area contributed by atoms with Gasteiger partial charge in [0.05, 0.1) is 10.7 Å². The second-order valence-corrected chi connectivity index (χ2v) is 6.07. The molecule has 3 rings (SSSR count). The topological polar surface area (TPSA) is 25.8 Å². The fourth-order valence-electron chi connectivity index (χ4n) is 1.80. The predicted molar refractivity (Wildman–Crippen MR) is 77.5 cm³/mol. The molecule has 2 heterocycles. The Kier molecular flexibility index (Phi) is 3.41. The molecule has 0 atom stereocenters. The summed E-state index contributed by atoms with van der Waals surface area (Å²) in [5, 5.41) is 1.68. The monoisotopic (exact) mass is 316 g/mol. The van der Waals surface area contributed by atoms with Gasteiger partial charge in [-0.25, -0.2) is 9.97 Å². The molecular formula is C12H7Cl3N2S. The summed E-state index contributed by atoms with van der Waals surface area (Å²) in [7, 11) is 0. The van der Waals surface area contributed by atoms with Crippen LogP contribution in [0.15, 0.2) is 18.2 Å². The molecule has 0 aliphatic carbocycles. The molecule has 0 fully saturated rings. The van der Waals surface area contributed by atoms with Crippen molar-refractivity contribution in [3.05, 3.63) is 44.7 Å². The lowest BCUT2D eigenvalue weighted by atomic mass is 10.2. The Morgan fingerprint density at radius 2 is 1.89 bits per heavy atom. The van der Waals surface area contributed by atoms with Crippen molar-refractivity contribution < 1.29 is 0 Å². The van der Waals surface area contributed by atoms with Crippen LogP contribution in [-0.2, 0) is 11.5 Å². The first-order chi connectivity index (χ1) is 8.65. The molecule has 1 aromatic carbocycles. The number of nitrogens with zero attached hydrogens (tertiary/aromatic N) is 2. The Labute approximate surface area is 124 Å². The van der Waals surface area contributed by atoms with Crippen molar-refractivity contribution in [2.45, 2.75) is 11.5 Å². The van der Waals surface area contributed by atoms with Gasteiger partial charge in [0.15, 0.2) is 5.82 Å². The molecule has 2 nitrogen and oxygen atoms in total. The molecule has 1 aliphatic rings. The van der Waals surface area contributed by atoms with Gasteiger partial charge < -0.3 is 0 Å². The van der Waals surface area contributed by atoms with Crippen LogP contribution in [0.3, 0.4) is 0 Å². The van der Waals surface area contributed by atoms with Crippen molar-refractivity contribution >= 4 is 46.6 Å². The van der Waals surface area contributed by atoms with Gasteiger partial charge in [0.2, 0.25) is 0 Å². The molecule has 0 spiro atoms. The van der Waals surface area contributed by atoms with E-state index < -0.39 is 0 Å². The summed E-state index contributed by atoms with van der Waals surface area (Å²) in [5.74, 6) is 2.27. The standard InChI is InChI=1S/C12H7Cl3N2S/c13-6-1-2-9(14)7(3-6)12-16-10-5-18-4-8(10)11(15)17-12/h1-3H,4-5H2. The maximum absolute atomic E-state index is 6.18. The highest BCUT2D eigenvalue weighted by molar-refractivity contribution is 7.98. The third kappa shape index (κ3) is 2.21. The molecule has 18 heavy (non-hydrogen) atoms. The van der Waals surface area contributed by atoms with Crippen molar-refractivity contribution in [3.8, 4) is 11.4 Å². The van der Waals surface area contributed by atoms with Crippen LogP contribution < -0.4 is 0 Å². The summed E-state index contributed by atoms with van der Waals surface area (Å²) >= 11 is 20.1. The molecule has 0 radical (unpaired) electrons. The fraction of sp³-hybridized carbons (Fsp3) is 0.167. The van der Waals surface area contributed by atoms with Crippen LogP contribution in [0.5, 0.6) is 0 Å². The highest BCUT2D eigenvalue weighted by atomic mass is 35.5. The molecule has 0 saturated carbocycles. The van der Waals surface area contributed by atoms with Crippen LogP contribution in [0.4, 0.5) is 0 Å². The number of fused-ring (bicyclic) bond motifs is 1. The molecule has 6 heteroatoms. The molecule has 1 aromatic heterocycles. The van der Waals surface area contributed by atoms with E-state index in [2.05, 4.69) is 9.97 Å². The van der Waals surface area contributed by atoms with Crippen LogP contribution in [0.25, 0.3) is 11.4 Å². The van der Waals surface area contributed by atoms with Crippen molar-refractivity contribution in [1.82, 2.24) is 9.97 Å². The molecule has 1 aliphatic heterocycles. The van der Waals surface area contributed by atoms with Gasteiger partial charge in [-0.05, 0) is 18.2 Å². The molecule has 92 valence electrons. The highest BCUT2D eigenvalue weighted by Gasteiger charge is 2.20. The summed E-state index contributed by atoms with van der Waals surface area (Å²) in [6.45, 7) is 0. The zero-order chi connectivity index (χ0) is 12.7. The highest BCUT2D eigenvalue weighted by Crippen LogP contribution is 2.36. The van der Waals surface area contributed by atoms with E-state index in [1.165, 1.54) is 0 Å². The van der Waals surface area contributed by atoms with Crippen LogP contribution >= 0.6 is 46.6 Å². The van der Waals surface area contributed by atoms with Gasteiger partial charge in [-0.2, -0.15) is 11.8 Å². The lowest BCUT2D eigenvalue weighted by Crippen LogP contribution is -1.97. The number of aromatic nitrogens is 2. The minimum Gasteiger partial charge on any atom is -0.232 e. The van der Waals surface area contributed by atoms with Crippen LogP contribution in [-0.4, -0.2) is 9.97 Å². The number of halogens is 3. The van der Waals surface area contributed by atoms with E-state index >= 15 is 0 Å². The summed E-state index contributed by atoms with van der Waals surface area (Å²) in [4.78, 5) is 8.84. The number of hydrogen-bond acceptors (Lipinski definition) is 3. The zero-order valence-electron chi connectivity index (χ0n) is 9.08. The third-order valence-electron chi connectivity index (χ3n) is 2.70. The lowest BCUT2D eigenvalue weighted by molar-refractivity contribution is 1.07. The molecule has 0 saturated heterocycles. The maximum atomic E-state index is 6.18. The van der Waals surface area contributed by atoms with Crippen molar-refractivity contribution in [3.63, 3.8) is 0 Å². The quantitative estimate of drug-likeness (QED) is 0.703. The first-order valence-electron chi connectivity index (χ1n) is 5.23. The first-order valence-corrected chi connectivity index (χ1v) is 7.52. The Morgan fingerprint density at radius 1 is 1.06 bits per heavy atom. The number of benzene rings is 1. The van der Waals surface area contributed by atoms with Gasteiger partial charge in [-0.15, -0.1) is 0 Å². The van der Waals surface area contributed by atoms with Gasteiger partial charge in [0.25, 0.3) is 0 Å². The predicted octanol–water partition coefficient (Wildman–Crippen LogP) is 4.85. The van der Waals surface area contributed by atoms with E-state index in [9.17, 15) is 0 Å². The molecule has 0 amide bonds. The van der Waals surface area contributed by atoms with Gasteiger partial charge in [0, 0.05) is 27.7 Å². The van der Waals surface area contributed by atoms with Crippen molar-refractivity contribution in [2.75, 3.05) is 0 Å². The van der Waals surface area contributed by atoms with Crippen molar-refractivity contribution in [2.24, 2.45) is 0 Å². The number of thioether (sulfide) groups is 1. The van der Waals surface area contributed by atoms with Gasteiger partial charge in [-0.3, -0.25) is 0 Å². The average Bonchev–Trinajstić information content (AvgIpc) is 2.81. The van der Waals surface area contributed by atoms with Crippen molar-refractivity contribution in [1.29, 1.82) is 0 Å². The summed E-state index contributed by atoms with van der Waals surface area (Å²) < 4.78 is 0. The van der Waals surface area contributed by atoms with Gasteiger partial charge in [-0.1, -0.05) is 34.8 Å². The normalized spacial score (nSPS) is 13.7. The van der Waals surface area contributed by atoms with E-state index in [-0.39, 0.29) is 0 Å². The second kappa shape index (κ2) is 4.89. The van der Waals surface area contributed by atoms with Gasteiger partial charge in [0.1, 0.15) is 5.15 Å². The van der Waals surface area contributed by atoms with E-state index in [4.69, 9.17) is 34.8 Å². The van der Waals surface area contributed by atoms with E-state index in [0.29, 0.717) is 26.6 Å². The van der Waals surface area contributed by atoms with Crippen LogP contribution in [0, 0.1) is 0 Å². The minimum absolute atomic E-state index is 0.510. The fourth-order valence-corrected chi connectivity index (χ4v) is 3.55. The third-order valence-corrected chi connectivity index (χ3v) is 4.54. The largest absolute Gasteiger partial charge is 0.232 e. The maximum Gasteiger partial charge on any atom is 0.162 e.